The Morgan fingerprint density at radius 1 is 1.17 bits per heavy atom. The number of guanidine groups is 1. The molecular formula is C14H30N4O4S2. The predicted octanol–water partition coefficient (Wildman–Crippen LogP) is -0.417. The van der Waals surface area contributed by atoms with E-state index in [4.69, 9.17) is 9.47 Å². The number of methoxy groups -OCH3 is 1. The summed E-state index contributed by atoms with van der Waals surface area (Å²) in [5.41, 5.74) is 0. The Hall–Kier alpha value is -0.550. The van der Waals surface area contributed by atoms with E-state index < -0.39 is 10.0 Å². The fraction of sp³-hybridized carbons (Fsp3) is 0.929. The second-order valence-corrected chi connectivity index (χ2v) is 8.53. The first-order chi connectivity index (χ1) is 11.6. The molecule has 2 N–H and O–H groups in total. The first-order valence-corrected chi connectivity index (χ1v) is 10.9. The molecule has 0 spiro atoms. The maximum Gasteiger partial charge on any atom is 0.215 e. The van der Waals surface area contributed by atoms with Gasteiger partial charge in [0.15, 0.2) is 5.96 Å². The Morgan fingerprint density at radius 2 is 1.88 bits per heavy atom. The van der Waals surface area contributed by atoms with E-state index in [2.05, 4.69) is 15.6 Å². The van der Waals surface area contributed by atoms with Crippen LogP contribution in [0.25, 0.3) is 0 Å². The van der Waals surface area contributed by atoms with Crippen LogP contribution in [0.4, 0.5) is 0 Å². The van der Waals surface area contributed by atoms with E-state index in [0.717, 1.165) is 17.9 Å². The molecule has 0 atom stereocenters. The van der Waals surface area contributed by atoms with E-state index in [1.54, 1.807) is 30.2 Å². The average molecular weight is 383 g/mol. The van der Waals surface area contributed by atoms with Crippen LogP contribution in [-0.2, 0) is 19.5 Å². The van der Waals surface area contributed by atoms with Crippen LogP contribution in [0.2, 0.25) is 0 Å². The summed E-state index contributed by atoms with van der Waals surface area (Å²) >= 11 is 1.80. The molecule has 24 heavy (non-hydrogen) atoms. The molecule has 0 aromatic heterocycles. The number of hydrogen-bond donors (Lipinski definition) is 2. The second kappa shape index (κ2) is 12.8. The number of hydrogen-bond acceptors (Lipinski definition) is 6. The molecule has 0 aliphatic carbocycles. The molecule has 1 saturated heterocycles. The van der Waals surface area contributed by atoms with Crippen LogP contribution >= 0.6 is 11.8 Å². The first-order valence-electron chi connectivity index (χ1n) is 8.17. The van der Waals surface area contributed by atoms with Gasteiger partial charge < -0.3 is 20.1 Å². The average Bonchev–Trinajstić information content (AvgIpc) is 2.60. The normalized spacial score (nSPS) is 17.0. The van der Waals surface area contributed by atoms with Gasteiger partial charge in [0.1, 0.15) is 0 Å². The summed E-state index contributed by atoms with van der Waals surface area (Å²) < 4.78 is 36.3. The maximum absolute atomic E-state index is 12.2. The molecule has 10 heteroatoms. The van der Waals surface area contributed by atoms with Gasteiger partial charge in [-0.3, -0.25) is 4.99 Å². The van der Waals surface area contributed by atoms with Gasteiger partial charge in [-0.15, -0.1) is 0 Å². The smallest absolute Gasteiger partial charge is 0.215 e. The minimum atomic E-state index is -3.18. The quantitative estimate of drug-likeness (QED) is 0.285. The lowest BCUT2D eigenvalue weighted by Gasteiger charge is -2.25. The summed E-state index contributed by atoms with van der Waals surface area (Å²) in [6.45, 7) is 4.12. The number of ether oxygens (including phenoxy) is 2. The zero-order valence-electron chi connectivity index (χ0n) is 14.6. The van der Waals surface area contributed by atoms with Gasteiger partial charge in [-0.1, -0.05) is 0 Å². The zero-order valence-corrected chi connectivity index (χ0v) is 16.3. The Morgan fingerprint density at radius 3 is 2.54 bits per heavy atom. The Labute approximate surface area is 149 Å². The number of aliphatic imine (C=N–C) groups is 1. The summed E-state index contributed by atoms with van der Waals surface area (Å²) in [5, 5.41) is 6.18. The third-order valence-corrected chi connectivity index (χ3v) is 6.24. The van der Waals surface area contributed by atoms with Crippen molar-refractivity contribution in [3.05, 3.63) is 0 Å². The number of rotatable bonds is 11. The van der Waals surface area contributed by atoms with Crippen molar-refractivity contribution in [3.63, 3.8) is 0 Å². The van der Waals surface area contributed by atoms with Crippen LogP contribution in [0, 0.1) is 0 Å². The topological polar surface area (TPSA) is 92.3 Å². The molecule has 0 radical (unpaired) electrons. The van der Waals surface area contributed by atoms with Crippen molar-refractivity contribution in [1.82, 2.24) is 14.9 Å². The molecule has 1 rings (SSSR count). The summed E-state index contributed by atoms with van der Waals surface area (Å²) in [6, 6.07) is 0. The lowest BCUT2D eigenvalue weighted by molar-refractivity contribution is 0.0698. The monoisotopic (exact) mass is 382 g/mol. The SMILES string of the molecule is CN=C(NCCCOCCOC)NCCS(=O)(=O)N1CCSCC1. The van der Waals surface area contributed by atoms with E-state index in [0.29, 0.717) is 52.0 Å². The van der Waals surface area contributed by atoms with Gasteiger partial charge in [0.05, 0.1) is 19.0 Å². The molecule has 0 aromatic rings. The van der Waals surface area contributed by atoms with Crippen LogP contribution in [0.15, 0.2) is 4.99 Å². The highest BCUT2D eigenvalue weighted by Crippen LogP contribution is 2.12. The highest BCUT2D eigenvalue weighted by atomic mass is 32.2. The molecule has 0 saturated carbocycles. The van der Waals surface area contributed by atoms with Gasteiger partial charge in [0, 0.05) is 58.4 Å². The maximum atomic E-state index is 12.2. The van der Waals surface area contributed by atoms with E-state index >= 15 is 0 Å². The van der Waals surface area contributed by atoms with Crippen LogP contribution in [0.1, 0.15) is 6.42 Å². The van der Waals surface area contributed by atoms with Crippen LogP contribution < -0.4 is 10.6 Å². The third-order valence-electron chi connectivity index (χ3n) is 3.43. The molecule has 1 aliphatic heterocycles. The third kappa shape index (κ3) is 9.07. The minimum absolute atomic E-state index is 0.0818. The highest BCUT2D eigenvalue weighted by molar-refractivity contribution is 7.99. The van der Waals surface area contributed by atoms with Gasteiger partial charge in [0.25, 0.3) is 0 Å². The zero-order chi connectivity index (χ0) is 17.7. The summed E-state index contributed by atoms with van der Waals surface area (Å²) in [7, 11) is 0.129. The molecule has 0 bridgehead atoms. The van der Waals surface area contributed by atoms with Crippen molar-refractivity contribution in [3.8, 4) is 0 Å². The summed E-state index contributed by atoms with van der Waals surface area (Å²) in [4.78, 5) is 4.09. The standard InChI is InChI=1S/C14H30N4O4S2/c1-15-14(16-4-3-8-22-10-9-21-2)17-5-13-24(19,20)18-6-11-23-12-7-18/h3-13H2,1-2H3,(H2,15,16,17). The van der Waals surface area contributed by atoms with Crippen molar-refractivity contribution >= 4 is 27.7 Å². The molecule has 1 heterocycles. The Kier molecular flexibility index (Phi) is 11.4. The minimum Gasteiger partial charge on any atom is -0.382 e. The number of nitrogens with one attached hydrogen (secondary N) is 2. The molecule has 8 nitrogen and oxygen atoms in total. The molecule has 0 amide bonds. The van der Waals surface area contributed by atoms with Gasteiger partial charge in [-0.05, 0) is 6.42 Å². The van der Waals surface area contributed by atoms with Crippen LogP contribution in [0.5, 0.6) is 0 Å². The molecule has 1 fully saturated rings. The van der Waals surface area contributed by atoms with Crippen molar-refractivity contribution in [2.75, 3.05) is 77.4 Å². The lowest BCUT2D eigenvalue weighted by atomic mass is 10.4. The molecule has 0 aromatic carbocycles. The lowest BCUT2D eigenvalue weighted by Crippen LogP contribution is -2.44. The first kappa shape index (κ1) is 21.5. The fourth-order valence-corrected chi connectivity index (χ4v) is 4.59. The number of thioether (sulfide) groups is 1. The number of sulfonamides is 1. The highest BCUT2D eigenvalue weighted by Gasteiger charge is 2.23. The number of nitrogens with zero attached hydrogens (tertiary/aromatic N) is 2. The second-order valence-electron chi connectivity index (χ2n) is 5.21. The van der Waals surface area contributed by atoms with Crippen molar-refractivity contribution in [2.45, 2.75) is 6.42 Å². The van der Waals surface area contributed by atoms with E-state index in [-0.39, 0.29) is 5.75 Å². The van der Waals surface area contributed by atoms with Gasteiger partial charge in [0.2, 0.25) is 10.0 Å². The van der Waals surface area contributed by atoms with E-state index in [9.17, 15) is 8.42 Å². The van der Waals surface area contributed by atoms with E-state index in [1.807, 2.05) is 0 Å². The predicted molar refractivity (Wildman–Crippen MR) is 99.4 cm³/mol. The Bertz CT molecular complexity index is 454. The van der Waals surface area contributed by atoms with E-state index in [1.165, 1.54) is 0 Å². The van der Waals surface area contributed by atoms with Crippen LogP contribution in [-0.4, -0.2) is 96.1 Å². The van der Waals surface area contributed by atoms with Gasteiger partial charge in [-0.25, -0.2) is 12.7 Å². The van der Waals surface area contributed by atoms with Crippen molar-refractivity contribution < 1.29 is 17.9 Å². The molecule has 142 valence electrons. The Balaban J connectivity index is 2.15. The van der Waals surface area contributed by atoms with Gasteiger partial charge in [-0.2, -0.15) is 11.8 Å². The molecule has 0 unspecified atom stereocenters. The largest absolute Gasteiger partial charge is 0.382 e. The van der Waals surface area contributed by atoms with Gasteiger partial charge >= 0.3 is 0 Å². The van der Waals surface area contributed by atoms with Crippen molar-refractivity contribution in [2.24, 2.45) is 4.99 Å². The molecular weight excluding hydrogens is 352 g/mol. The van der Waals surface area contributed by atoms with Crippen LogP contribution in [0.3, 0.4) is 0 Å². The fourth-order valence-electron chi connectivity index (χ4n) is 2.10. The molecule has 1 aliphatic rings. The van der Waals surface area contributed by atoms with Crippen molar-refractivity contribution in [1.29, 1.82) is 0 Å². The summed E-state index contributed by atoms with van der Waals surface area (Å²) in [6.07, 6.45) is 0.841. The summed E-state index contributed by atoms with van der Waals surface area (Å²) in [5.74, 6) is 2.44.